The molecule has 2 aromatic rings. The number of benzene rings is 2. The van der Waals surface area contributed by atoms with Gasteiger partial charge in [0.15, 0.2) is 0 Å². The summed E-state index contributed by atoms with van der Waals surface area (Å²) in [5, 5.41) is 1.77. The zero-order valence-corrected chi connectivity index (χ0v) is 13.7. The molecule has 2 unspecified atom stereocenters. The maximum atomic E-state index is 6.27. The fraction of sp³-hybridized carbons (Fsp3) is 0.250. The Kier molecular flexibility index (Phi) is 4.77. The van der Waals surface area contributed by atoms with E-state index in [1.165, 1.54) is 10.5 Å². The van der Waals surface area contributed by atoms with Gasteiger partial charge in [0.2, 0.25) is 0 Å². The molecule has 1 heterocycles. The van der Waals surface area contributed by atoms with Gasteiger partial charge in [-0.25, -0.2) is 0 Å². The van der Waals surface area contributed by atoms with Crippen molar-refractivity contribution in [2.75, 3.05) is 0 Å². The van der Waals surface area contributed by atoms with Crippen LogP contribution in [0.4, 0.5) is 0 Å². The normalized spacial score (nSPS) is 18.5. The monoisotopic (exact) mass is 338 g/mol. The molecule has 5 heteroatoms. The van der Waals surface area contributed by atoms with Gasteiger partial charge in [-0.2, -0.15) is 0 Å². The summed E-state index contributed by atoms with van der Waals surface area (Å²) < 4.78 is 0. The van der Waals surface area contributed by atoms with Crippen LogP contribution in [0.25, 0.3) is 0 Å². The fourth-order valence-electron chi connectivity index (χ4n) is 2.66. The standard InChI is InChI=1S/C16H16Cl2N2S/c17-12-6-5-10(13(18)9-12)7-14(20-19)16-8-11-3-1-2-4-15(11)21-16/h1-6,9,14,16,20H,7-8,19H2. The van der Waals surface area contributed by atoms with Crippen LogP contribution in [-0.2, 0) is 12.8 Å². The van der Waals surface area contributed by atoms with Crippen molar-refractivity contribution in [3.63, 3.8) is 0 Å². The molecule has 2 aromatic carbocycles. The minimum Gasteiger partial charge on any atom is -0.271 e. The lowest BCUT2D eigenvalue weighted by atomic mass is 9.99. The van der Waals surface area contributed by atoms with E-state index in [4.69, 9.17) is 29.0 Å². The Morgan fingerprint density at radius 3 is 2.76 bits per heavy atom. The number of thioether (sulfide) groups is 1. The molecular weight excluding hydrogens is 323 g/mol. The Morgan fingerprint density at radius 2 is 2.05 bits per heavy atom. The Balaban J connectivity index is 1.75. The van der Waals surface area contributed by atoms with Gasteiger partial charge in [0.05, 0.1) is 0 Å². The SMILES string of the molecule is NNC(Cc1ccc(Cl)cc1Cl)C1Cc2ccccc2S1. The van der Waals surface area contributed by atoms with Crippen molar-refractivity contribution in [3.05, 3.63) is 63.6 Å². The Hall–Kier alpha value is -0.710. The third kappa shape index (κ3) is 3.38. The minimum absolute atomic E-state index is 0.168. The number of halogens is 2. The second-order valence-corrected chi connectivity index (χ2v) is 7.31. The van der Waals surface area contributed by atoms with Gasteiger partial charge in [-0.05, 0) is 42.2 Å². The van der Waals surface area contributed by atoms with Gasteiger partial charge in [-0.15, -0.1) is 11.8 Å². The van der Waals surface area contributed by atoms with Crippen molar-refractivity contribution >= 4 is 35.0 Å². The van der Waals surface area contributed by atoms with Crippen molar-refractivity contribution in [2.24, 2.45) is 5.84 Å². The summed E-state index contributed by atoms with van der Waals surface area (Å²) in [5.74, 6) is 5.78. The number of hydrogen-bond acceptors (Lipinski definition) is 3. The summed E-state index contributed by atoms with van der Waals surface area (Å²) in [6.45, 7) is 0. The van der Waals surface area contributed by atoms with Crippen LogP contribution in [0.3, 0.4) is 0 Å². The average Bonchev–Trinajstić information content (AvgIpc) is 2.90. The summed E-state index contributed by atoms with van der Waals surface area (Å²) >= 11 is 14.1. The molecule has 3 rings (SSSR count). The Labute approximate surface area is 139 Å². The third-order valence-corrected chi connectivity index (χ3v) is 5.83. The van der Waals surface area contributed by atoms with E-state index in [0.717, 1.165) is 18.4 Å². The molecule has 3 N–H and O–H groups in total. The fourth-order valence-corrected chi connectivity index (χ4v) is 4.53. The summed E-state index contributed by atoms with van der Waals surface area (Å²) in [6, 6.07) is 14.3. The summed E-state index contributed by atoms with van der Waals surface area (Å²) in [5.41, 5.74) is 5.42. The second-order valence-electron chi connectivity index (χ2n) is 5.18. The number of nitrogens with one attached hydrogen (secondary N) is 1. The zero-order valence-electron chi connectivity index (χ0n) is 11.4. The maximum Gasteiger partial charge on any atom is 0.0453 e. The van der Waals surface area contributed by atoms with Crippen LogP contribution in [0.1, 0.15) is 11.1 Å². The van der Waals surface area contributed by atoms with Crippen LogP contribution in [0.2, 0.25) is 10.0 Å². The molecule has 0 aromatic heterocycles. The molecule has 21 heavy (non-hydrogen) atoms. The van der Waals surface area contributed by atoms with Gasteiger partial charge in [0.1, 0.15) is 0 Å². The van der Waals surface area contributed by atoms with Crippen molar-refractivity contribution in [1.82, 2.24) is 5.43 Å². The molecule has 0 saturated heterocycles. The second kappa shape index (κ2) is 6.59. The molecule has 2 nitrogen and oxygen atoms in total. The molecule has 0 radical (unpaired) electrons. The lowest BCUT2D eigenvalue weighted by molar-refractivity contribution is 0.506. The molecule has 0 fully saturated rings. The quantitative estimate of drug-likeness (QED) is 0.651. The molecule has 0 amide bonds. The number of hydrazine groups is 1. The highest BCUT2D eigenvalue weighted by atomic mass is 35.5. The molecule has 0 spiro atoms. The molecule has 0 saturated carbocycles. The van der Waals surface area contributed by atoms with Gasteiger partial charge in [-0.1, -0.05) is 47.5 Å². The number of rotatable bonds is 4. The molecule has 0 bridgehead atoms. The van der Waals surface area contributed by atoms with Crippen molar-refractivity contribution in [3.8, 4) is 0 Å². The van der Waals surface area contributed by atoms with E-state index in [2.05, 4.69) is 29.7 Å². The molecule has 1 aliphatic rings. The Bertz CT molecular complexity index is 623. The molecular formula is C16H16Cl2N2S. The van der Waals surface area contributed by atoms with Crippen molar-refractivity contribution < 1.29 is 0 Å². The molecule has 1 aliphatic heterocycles. The Morgan fingerprint density at radius 1 is 1.24 bits per heavy atom. The van der Waals surface area contributed by atoms with Crippen LogP contribution in [0.15, 0.2) is 47.4 Å². The number of hydrogen-bond donors (Lipinski definition) is 2. The van der Waals surface area contributed by atoms with Crippen LogP contribution in [0.5, 0.6) is 0 Å². The first-order valence-corrected chi connectivity index (χ1v) is 8.45. The molecule has 2 atom stereocenters. The largest absolute Gasteiger partial charge is 0.271 e. The van der Waals surface area contributed by atoms with E-state index in [1.54, 1.807) is 6.07 Å². The topological polar surface area (TPSA) is 38.0 Å². The van der Waals surface area contributed by atoms with Crippen LogP contribution >= 0.6 is 35.0 Å². The van der Waals surface area contributed by atoms with E-state index in [1.807, 2.05) is 23.9 Å². The van der Waals surface area contributed by atoms with Gasteiger partial charge >= 0.3 is 0 Å². The van der Waals surface area contributed by atoms with E-state index < -0.39 is 0 Å². The van der Waals surface area contributed by atoms with E-state index in [-0.39, 0.29) is 6.04 Å². The molecule has 0 aliphatic carbocycles. The first-order valence-electron chi connectivity index (χ1n) is 6.82. The maximum absolute atomic E-state index is 6.27. The van der Waals surface area contributed by atoms with Gasteiger partial charge in [0, 0.05) is 26.2 Å². The third-order valence-electron chi connectivity index (χ3n) is 3.79. The predicted octanol–water partition coefficient (Wildman–Crippen LogP) is 4.08. The number of fused-ring (bicyclic) bond motifs is 1. The number of nitrogens with two attached hydrogens (primary N) is 1. The minimum atomic E-state index is 0.168. The zero-order chi connectivity index (χ0) is 14.8. The predicted molar refractivity (Wildman–Crippen MR) is 91.1 cm³/mol. The summed E-state index contributed by atoms with van der Waals surface area (Å²) in [7, 11) is 0. The van der Waals surface area contributed by atoms with Gasteiger partial charge < -0.3 is 0 Å². The highest BCUT2D eigenvalue weighted by Crippen LogP contribution is 2.39. The highest BCUT2D eigenvalue weighted by molar-refractivity contribution is 8.00. The van der Waals surface area contributed by atoms with E-state index in [9.17, 15) is 0 Å². The van der Waals surface area contributed by atoms with Crippen LogP contribution in [0, 0.1) is 0 Å². The first-order chi connectivity index (χ1) is 10.2. The molecule has 110 valence electrons. The summed E-state index contributed by atoms with van der Waals surface area (Å²) in [4.78, 5) is 1.35. The van der Waals surface area contributed by atoms with Crippen LogP contribution < -0.4 is 11.3 Å². The highest BCUT2D eigenvalue weighted by Gasteiger charge is 2.29. The van der Waals surface area contributed by atoms with E-state index in [0.29, 0.717) is 15.3 Å². The average molecular weight is 339 g/mol. The summed E-state index contributed by atoms with van der Waals surface area (Å²) in [6.07, 6.45) is 1.82. The van der Waals surface area contributed by atoms with Gasteiger partial charge in [0.25, 0.3) is 0 Å². The lowest BCUT2D eigenvalue weighted by Gasteiger charge is -2.22. The van der Waals surface area contributed by atoms with Crippen LogP contribution in [-0.4, -0.2) is 11.3 Å². The van der Waals surface area contributed by atoms with Crippen molar-refractivity contribution in [1.29, 1.82) is 0 Å². The first kappa shape index (κ1) is 15.2. The van der Waals surface area contributed by atoms with Crippen molar-refractivity contribution in [2.45, 2.75) is 29.0 Å². The van der Waals surface area contributed by atoms with E-state index >= 15 is 0 Å². The lowest BCUT2D eigenvalue weighted by Crippen LogP contribution is -2.44. The smallest absolute Gasteiger partial charge is 0.0453 e. The van der Waals surface area contributed by atoms with Gasteiger partial charge in [-0.3, -0.25) is 11.3 Å².